The van der Waals surface area contributed by atoms with Gasteiger partial charge >= 0.3 is 0 Å². The molecule has 0 aliphatic heterocycles. The second-order valence-electron chi connectivity index (χ2n) is 5.41. The molecule has 0 bridgehead atoms. The summed E-state index contributed by atoms with van der Waals surface area (Å²) in [5.41, 5.74) is 1.51. The molecule has 0 aliphatic carbocycles. The standard InChI is InChI=1S/C18H17ClN4O2S/c1-12(17(24)21-14-9-7-13(19)8-10-14)26-18-22-20-11-23(18)15-5-3-4-6-16(15)25-2/h3-12H,1-2H3,(H,21,24)/t12-/m1/s1. The van der Waals surface area contributed by atoms with Crippen LogP contribution in [0.4, 0.5) is 5.69 Å². The number of nitrogens with zero attached hydrogens (tertiary/aromatic N) is 3. The van der Waals surface area contributed by atoms with Crippen LogP contribution in [0.3, 0.4) is 0 Å². The van der Waals surface area contributed by atoms with Gasteiger partial charge in [0.15, 0.2) is 5.16 Å². The Morgan fingerprint density at radius 1 is 1.23 bits per heavy atom. The van der Waals surface area contributed by atoms with Gasteiger partial charge in [-0.05, 0) is 43.3 Å². The van der Waals surface area contributed by atoms with Gasteiger partial charge in [-0.3, -0.25) is 9.36 Å². The van der Waals surface area contributed by atoms with Crippen LogP contribution < -0.4 is 10.1 Å². The van der Waals surface area contributed by atoms with Crippen LogP contribution in [0.15, 0.2) is 60.0 Å². The van der Waals surface area contributed by atoms with Crippen LogP contribution in [0.1, 0.15) is 6.92 Å². The van der Waals surface area contributed by atoms with Crippen molar-refractivity contribution in [3.8, 4) is 11.4 Å². The summed E-state index contributed by atoms with van der Waals surface area (Å²) >= 11 is 7.18. The minimum absolute atomic E-state index is 0.133. The van der Waals surface area contributed by atoms with Crippen molar-refractivity contribution in [2.45, 2.75) is 17.3 Å². The largest absolute Gasteiger partial charge is 0.495 e. The Hall–Kier alpha value is -2.51. The number of amides is 1. The first-order valence-corrected chi connectivity index (χ1v) is 9.10. The topological polar surface area (TPSA) is 69.0 Å². The van der Waals surface area contributed by atoms with Gasteiger partial charge in [-0.1, -0.05) is 35.5 Å². The maximum absolute atomic E-state index is 12.4. The number of methoxy groups -OCH3 is 1. The zero-order chi connectivity index (χ0) is 18.5. The molecule has 8 heteroatoms. The molecule has 26 heavy (non-hydrogen) atoms. The molecular formula is C18H17ClN4O2S. The average molecular weight is 389 g/mol. The number of anilines is 1. The lowest BCUT2D eigenvalue weighted by Gasteiger charge is -2.14. The maximum atomic E-state index is 12.4. The minimum atomic E-state index is -0.372. The van der Waals surface area contributed by atoms with Crippen molar-refractivity contribution in [2.24, 2.45) is 0 Å². The van der Waals surface area contributed by atoms with Gasteiger partial charge in [-0.15, -0.1) is 10.2 Å². The van der Waals surface area contributed by atoms with Crippen molar-refractivity contribution >= 4 is 35.0 Å². The van der Waals surface area contributed by atoms with Gasteiger partial charge in [0.1, 0.15) is 12.1 Å². The van der Waals surface area contributed by atoms with E-state index in [9.17, 15) is 4.79 Å². The van der Waals surface area contributed by atoms with Gasteiger partial charge in [-0.25, -0.2) is 0 Å². The van der Waals surface area contributed by atoms with Crippen LogP contribution in [0, 0.1) is 0 Å². The number of aromatic nitrogens is 3. The van der Waals surface area contributed by atoms with Gasteiger partial charge in [0.2, 0.25) is 5.91 Å². The summed E-state index contributed by atoms with van der Waals surface area (Å²) in [6, 6.07) is 14.5. The van der Waals surface area contributed by atoms with E-state index in [0.717, 1.165) is 5.69 Å². The Labute approximate surface area is 160 Å². The predicted molar refractivity (Wildman–Crippen MR) is 103 cm³/mol. The number of carbonyl (C=O) groups excluding carboxylic acids is 1. The number of halogens is 1. The minimum Gasteiger partial charge on any atom is -0.495 e. The zero-order valence-corrected chi connectivity index (χ0v) is 15.8. The third-order valence-corrected chi connectivity index (χ3v) is 4.93. The summed E-state index contributed by atoms with van der Waals surface area (Å²) in [5, 5.41) is 11.8. The van der Waals surface area contributed by atoms with Crippen molar-refractivity contribution in [3.63, 3.8) is 0 Å². The number of carbonyl (C=O) groups is 1. The van der Waals surface area contributed by atoms with Gasteiger partial charge in [0.05, 0.1) is 18.0 Å². The molecule has 0 spiro atoms. The molecule has 1 N–H and O–H groups in total. The lowest BCUT2D eigenvalue weighted by Crippen LogP contribution is -2.22. The summed E-state index contributed by atoms with van der Waals surface area (Å²) in [4.78, 5) is 12.4. The summed E-state index contributed by atoms with van der Waals surface area (Å²) in [5.74, 6) is 0.569. The molecule has 1 atom stereocenters. The van der Waals surface area contributed by atoms with Crippen LogP contribution in [0.25, 0.3) is 5.69 Å². The summed E-state index contributed by atoms with van der Waals surface area (Å²) in [7, 11) is 1.61. The van der Waals surface area contributed by atoms with E-state index < -0.39 is 0 Å². The van der Waals surface area contributed by atoms with Gasteiger partial charge in [-0.2, -0.15) is 0 Å². The first kappa shape index (κ1) is 18.3. The molecule has 134 valence electrons. The van der Waals surface area contributed by atoms with Crippen LogP contribution in [-0.4, -0.2) is 33.0 Å². The smallest absolute Gasteiger partial charge is 0.237 e. The highest BCUT2D eigenvalue weighted by atomic mass is 35.5. The van der Waals surface area contributed by atoms with E-state index in [4.69, 9.17) is 16.3 Å². The third kappa shape index (κ3) is 4.17. The van der Waals surface area contributed by atoms with Gasteiger partial charge in [0.25, 0.3) is 0 Å². The van der Waals surface area contributed by atoms with Crippen molar-refractivity contribution in [3.05, 3.63) is 59.9 Å². The number of ether oxygens (including phenoxy) is 1. The van der Waals surface area contributed by atoms with Crippen molar-refractivity contribution in [2.75, 3.05) is 12.4 Å². The first-order valence-electron chi connectivity index (χ1n) is 7.85. The number of hydrogen-bond donors (Lipinski definition) is 1. The second kappa shape index (κ2) is 8.25. The lowest BCUT2D eigenvalue weighted by molar-refractivity contribution is -0.115. The molecule has 0 aliphatic rings. The number of hydrogen-bond acceptors (Lipinski definition) is 5. The fraction of sp³-hybridized carbons (Fsp3) is 0.167. The Kier molecular flexibility index (Phi) is 5.80. The van der Waals surface area contributed by atoms with E-state index >= 15 is 0 Å². The first-order chi connectivity index (χ1) is 12.6. The summed E-state index contributed by atoms with van der Waals surface area (Å²) in [6.45, 7) is 1.82. The van der Waals surface area contributed by atoms with E-state index in [1.54, 1.807) is 42.3 Å². The molecule has 3 rings (SSSR count). The number of thioether (sulfide) groups is 1. The quantitative estimate of drug-likeness (QED) is 0.645. The molecule has 6 nitrogen and oxygen atoms in total. The average Bonchev–Trinajstić information content (AvgIpc) is 3.11. The molecular weight excluding hydrogens is 372 g/mol. The van der Waals surface area contributed by atoms with Gasteiger partial charge < -0.3 is 10.1 Å². The SMILES string of the molecule is COc1ccccc1-n1cnnc1S[C@H](C)C(=O)Nc1ccc(Cl)cc1. The lowest BCUT2D eigenvalue weighted by atomic mass is 10.3. The third-order valence-electron chi connectivity index (χ3n) is 3.62. The second-order valence-corrected chi connectivity index (χ2v) is 7.16. The molecule has 2 aromatic carbocycles. The molecule has 0 fully saturated rings. The molecule has 1 aromatic heterocycles. The number of para-hydroxylation sites is 2. The normalized spacial score (nSPS) is 11.8. The number of rotatable bonds is 6. The molecule has 1 amide bonds. The highest BCUT2D eigenvalue weighted by Gasteiger charge is 2.19. The molecule has 0 saturated heterocycles. The van der Waals surface area contributed by atoms with E-state index in [1.807, 2.05) is 31.2 Å². The Bertz CT molecular complexity index is 898. The molecule has 0 unspecified atom stereocenters. The van der Waals surface area contributed by atoms with Crippen molar-refractivity contribution in [1.29, 1.82) is 0 Å². The van der Waals surface area contributed by atoms with Crippen LogP contribution in [-0.2, 0) is 4.79 Å². The monoisotopic (exact) mass is 388 g/mol. The van der Waals surface area contributed by atoms with E-state index in [-0.39, 0.29) is 11.2 Å². The summed E-state index contributed by atoms with van der Waals surface area (Å²) in [6.07, 6.45) is 1.60. The fourth-order valence-electron chi connectivity index (χ4n) is 2.29. The van der Waals surface area contributed by atoms with Crippen molar-refractivity contribution < 1.29 is 9.53 Å². The predicted octanol–water partition coefficient (Wildman–Crippen LogP) is 4.05. The zero-order valence-electron chi connectivity index (χ0n) is 14.2. The van der Waals surface area contributed by atoms with E-state index in [0.29, 0.717) is 21.6 Å². The Balaban J connectivity index is 1.74. The Morgan fingerprint density at radius 3 is 2.69 bits per heavy atom. The van der Waals surface area contributed by atoms with Crippen LogP contribution in [0.2, 0.25) is 5.02 Å². The highest BCUT2D eigenvalue weighted by Crippen LogP contribution is 2.29. The maximum Gasteiger partial charge on any atom is 0.237 e. The highest BCUT2D eigenvalue weighted by molar-refractivity contribution is 8.00. The molecule has 3 aromatic rings. The van der Waals surface area contributed by atoms with Crippen LogP contribution in [0.5, 0.6) is 5.75 Å². The number of nitrogens with one attached hydrogen (secondary N) is 1. The fourth-order valence-corrected chi connectivity index (χ4v) is 3.25. The van der Waals surface area contributed by atoms with E-state index in [1.165, 1.54) is 11.8 Å². The van der Waals surface area contributed by atoms with Gasteiger partial charge in [0, 0.05) is 10.7 Å². The van der Waals surface area contributed by atoms with Crippen molar-refractivity contribution in [1.82, 2.24) is 14.8 Å². The summed E-state index contributed by atoms with van der Waals surface area (Å²) < 4.78 is 7.19. The molecule has 0 radical (unpaired) electrons. The van der Waals surface area contributed by atoms with Crippen LogP contribution >= 0.6 is 23.4 Å². The Morgan fingerprint density at radius 2 is 1.96 bits per heavy atom. The number of benzene rings is 2. The molecule has 0 saturated carbocycles. The molecule has 1 heterocycles. The van der Waals surface area contributed by atoms with E-state index in [2.05, 4.69) is 15.5 Å².